The first-order valence-electron chi connectivity index (χ1n) is 4.30. The minimum atomic E-state index is 0.352. The van der Waals surface area contributed by atoms with Gasteiger partial charge in [0.05, 0.1) is 0 Å². The predicted molar refractivity (Wildman–Crippen MR) is 64.5 cm³/mol. The molecule has 0 saturated heterocycles. The molecule has 0 spiro atoms. The number of nitrogens with zero attached hydrogens (tertiary/aromatic N) is 2. The van der Waals surface area contributed by atoms with E-state index in [0.717, 1.165) is 10.2 Å². The molecule has 0 unspecified atom stereocenters. The zero-order valence-electron chi connectivity index (χ0n) is 7.77. The molecule has 78 valence electrons. The highest BCUT2D eigenvalue weighted by Crippen LogP contribution is 2.24. The van der Waals surface area contributed by atoms with Gasteiger partial charge < -0.3 is 5.73 Å². The van der Waals surface area contributed by atoms with Gasteiger partial charge in [-0.2, -0.15) is 4.98 Å². The van der Waals surface area contributed by atoms with Crippen LogP contribution < -0.4 is 5.73 Å². The Hall–Kier alpha value is -1.01. The maximum absolute atomic E-state index is 5.43. The number of hydrogen-bond donors (Lipinski definition) is 2. The lowest BCUT2D eigenvalue weighted by atomic mass is 10.2. The van der Waals surface area contributed by atoms with Gasteiger partial charge in [0, 0.05) is 10.2 Å². The summed E-state index contributed by atoms with van der Waals surface area (Å²) < 4.78 is 1.10. The highest BCUT2D eigenvalue weighted by molar-refractivity contribution is 9.10. The second-order valence-corrected chi connectivity index (χ2v) is 4.68. The van der Waals surface area contributed by atoms with E-state index in [1.165, 1.54) is 5.56 Å². The molecular weight excluding hydrogens is 276 g/mol. The fourth-order valence-electron chi connectivity index (χ4n) is 1.08. The third-order valence-corrected chi connectivity index (χ3v) is 3.47. The first-order valence-corrected chi connectivity index (χ1v) is 6.07. The van der Waals surface area contributed by atoms with Gasteiger partial charge in [-0.25, -0.2) is 5.10 Å². The molecule has 0 radical (unpaired) electrons. The van der Waals surface area contributed by atoms with E-state index in [2.05, 4.69) is 37.2 Å². The molecule has 0 aliphatic heterocycles. The maximum Gasteiger partial charge on any atom is 0.216 e. The molecule has 15 heavy (non-hydrogen) atoms. The number of nitrogens with two attached hydrogens (primary N) is 1. The Bertz CT molecular complexity index is 457. The molecule has 1 aromatic heterocycles. The SMILES string of the molecule is Nc1nc(SCc2ccccc2Br)n[nH]1. The summed E-state index contributed by atoms with van der Waals surface area (Å²) >= 11 is 5.03. The number of nitrogens with one attached hydrogen (secondary N) is 1. The highest BCUT2D eigenvalue weighted by Gasteiger charge is 2.03. The number of benzene rings is 1. The lowest BCUT2D eigenvalue weighted by molar-refractivity contribution is 0.973. The van der Waals surface area contributed by atoms with Crippen LogP contribution in [0.25, 0.3) is 0 Å². The number of H-pyrrole nitrogens is 1. The molecule has 0 fully saturated rings. The first kappa shape index (κ1) is 10.5. The van der Waals surface area contributed by atoms with Crippen LogP contribution in [0.1, 0.15) is 5.56 Å². The monoisotopic (exact) mass is 284 g/mol. The zero-order chi connectivity index (χ0) is 10.7. The van der Waals surface area contributed by atoms with Crippen LogP contribution in [0, 0.1) is 0 Å². The van der Waals surface area contributed by atoms with E-state index < -0.39 is 0 Å². The van der Waals surface area contributed by atoms with E-state index in [1.54, 1.807) is 11.8 Å². The van der Waals surface area contributed by atoms with Gasteiger partial charge in [-0.3, -0.25) is 0 Å². The van der Waals surface area contributed by atoms with Crippen LogP contribution in [0.2, 0.25) is 0 Å². The molecule has 0 aliphatic carbocycles. The van der Waals surface area contributed by atoms with Gasteiger partial charge in [-0.1, -0.05) is 45.9 Å². The topological polar surface area (TPSA) is 67.6 Å². The normalized spacial score (nSPS) is 10.5. The van der Waals surface area contributed by atoms with Gasteiger partial charge in [0.25, 0.3) is 0 Å². The van der Waals surface area contributed by atoms with Crippen LogP contribution in [0.3, 0.4) is 0 Å². The van der Waals surface area contributed by atoms with Crippen LogP contribution in [-0.4, -0.2) is 15.2 Å². The van der Waals surface area contributed by atoms with Gasteiger partial charge >= 0.3 is 0 Å². The van der Waals surface area contributed by atoms with Crippen LogP contribution in [0.5, 0.6) is 0 Å². The minimum absolute atomic E-state index is 0.352. The quantitative estimate of drug-likeness (QED) is 0.850. The largest absolute Gasteiger partial charge is 0.368 e. The van der Waals surface area contributed by atoms with E-state index in [1.807, 2.05) is 18.2 Å². The van der Waals surface area contributed by atoms with Gasteiger partial charge in [0.15, 0.2) is 0 Å². The summed E-state index contributed by atoms with van der Waals surface area (Å²) in [6.07, 6.45) is 0. The van der Waals surface area contributed by atoms with Crippen molar-refractivity contribution in [2.75, 3.05) is 5.73 Å². The van der Waals surface area contributed by atoms with Crippen molar-refractivity contribution in [2.24, 2.45) is 0 Å². The molecule has 2 rings (SSSR count). The molecule has 4 nitrogen and oxygen atoms in total. The van der Waals surface area contributed by atoms with Gasteiger partial charge in [0.2, 0.25) is 11.1 Å². The number of nitrogen functional groups attached to an aromatic ring is 1. The van der Waals surface area contributed by atoms with Crippen LogP contribution in [-0.2, 0) is 5.75 Å². The third-order valence-electron chi connectivity index (χ3n) is 1.80. The number of halogens is 1. The van der Waals surface area contributed by atoms with Gasteiger partial charge in [0.1, 0.15) is 0 Å². The van der Waals surface area contributed by atoms with Crippen molar-refractivity contribution in [1.82, 2.24) is 15.2 Å². The summed E-state index contributed by atoms with van der Waals surface area (Å²) in [7, 11) is 0. The molecule has 0 bridgehead atoms. The number of aromatic amines is 1. The van der Waals surface area contributed by atoms with E-state index in [4.69, 9.17) is 5.73 Å². The van der Waals surface area contributed by atoms with Crippen molar-refractivity contribution in [3.8, 4) is 0 Å². The fraction of sp³-hybridized carbons (Fsp3) is 0.111. The Morgan fingerprint density at radius 2 is 2.20 bits per heavy atom. The zero-order valence-corrected chi connectivity index (χ0v) is 10.2. The maximum atomic E-state index is 5.43. The second-order valence-electron chi connectivity index (χ2n) is 2.88. The predicted octanol–water partition coefficient (Wildman–Crippen LogP) is 2.44. The second kappa shape index (κ2) is 4.67. The number of aromatic nitrogens is 3. The first-order chi connectivity index (χ1) is 7.25. The van der Waals surface area contributed by atoms with Crippen molar-refractivity contribution in [3.63, 3.8) is 0 Å². The lowest BCUT2D eigenvalue weighted by Crippen LogP contribution is -1.85. The van der Waals surface area contributed by atoms with Crippen LogP contribution in [0.15, 0.2) is 33.9 Å². The van der Waals surface area contributed by atoms with Crippen molar-refractivity contribution < 1.29 is 0 Å². The fourth-order valence-corrected chi connectivity index (χ4v) is 2.50. The molecule has 6 heteroatoms. The Morgan fingerprint density at radius 1 is 1.40 bits per heavy atom. The van der Waals surface area contributed by atoms with Crippen molar-refractivity contribution in [2.45, 2.75) is 10.9 Å². The van der Waals surface area contributed by atoms with Gasteiger partial charge in [-0.05, 0) is 11.6 Å². The molecule has 0 atom stereocenters. The minimum Gasteiger partial charge on any atom is -0.368 e. The Balaban J connectivity index is 2.02. The summed E-state index contributed by atoms with van der Waals surface area (Å²) in [6.45, 7) is 0. The summed E-state index contributed by atoms with van der Waals surface area (Å²) in [6, 6.07) is 8.07. The summed E-state index contributed by atoms with van der Waals surface area (Å²) in [5.74, 6) is 1.17. The van der Waals surface area contributed by atoms with Crippen LogP contribution >= 0.6 is 27.7 Å². The number of hydrogen-bond acceptors (Lipinski definition) is 4. The van der Waals surface area contributed by atoms with E-state index in [9.17, 15) is 0 Å². The average molecular weight is 285 g/mol. The summed E-state index contributed by atoms with van der Waals surface area (Å²) in [5.41, 5.74) is 6.64. The highest BCUT2D eigenvalue weighted by atomic mass is 79.9. The number of thioether (sulfide) groups is 1. The number of rotatable bonds is 3. The van der Waals surface area contributed by atoms with Crippen LogP contribution in [0.4, 0.5) is 5.95 Å². The Labute approximate surface area is 99.8 Å². The van der Waals surface area contributed by atoms with E-state index >= 15 is 0 Å². The molecule has 0 aliphatic rings. The van der Waals surface area contributed by atoms with E-state index in [-0.39, 0.29) is 0 Å². The Morgan fingerprint density at radius 3 is 2.87 bits per heavy atom. The lowest BCUT2D eigenvalue weighted by Gasteiger charge is -2.00. The summed E-state index contributed by atoms with van der Waals surface area (Å²) in [5, 5.41) is 7.22. The molecule has 1 heterocycles. The molecular formula is C9H9BrN4S. The Kier molecular flexibility index (Phi) is 3.27. The summed E-state index contributed by atoms with van der Waals surface area (Å²) in [4.78, 5) is 4.01. The smallest absolute Gasteiger partial charge is 0.216 e. The molecule has 2 aromatic rings. The van der Waals surface area contributed by atoms with Gasteiger partial charge in [-0.15, -0.1) is 5.10 Å². The molecule has 0 amide bonds. The average Bonchev–Trinajstić information content (AvgIpc) is 2.63. The van der Waals surface area contributed by atoms with E-state index in [0.29, 0.717) is 11.1 Å². The molecule has 3 N–H and O–H groups in total. The van der Waals surface area contributed by atoms with Crippen molar-refractivity contribution in [1.29, 1.82) is 0 Å². The van der Waals surface area contributed by atoms with Crippen molar-refractivity contribution in [3.05, 3.63) is 34.3 Å². The molecule has 1 aromatic carbocycles. The van der Waals surface area contributed by atoms with Crippen molar-refractivity contribution >= 4 is 33.6 Å². The standard InChI is InChI=1S/C9H9BrN4S/c10-7-4-2-1-3-6(7)5-15-9-12-8(11)13-14-9/h1-4H,5H2,(H3,11,12,13,14). The molecule has 0 saturated carbocycles. The third kappa shape index (κ3) is 2.73. The number of anilines is 1.